The molecule has 2 aromatic rings. The van der Waals surface area contributed by atoms with E-state index in [0.717, 1.165) is 11.1 Å². The van der Waals surface area contributed by atoms with Crippen molar-refractivity contribution in [3.63, 3.8) is 0 Å². The Hall–Kier alpha value is -4.33. The molecule has 1 fully saturated rings. The number of likely N-dealkylation sites (tertiary alicyclic amines) is 1. The number of nitrogens with zero attached hydrogens (tertiary/aromatic N) is 2. The Balaban J connectivity index is 1.83. The summed E-state index contributed by atoms with van der Waals surface area (Å²) >= 11 is 0. The molecule has 0 radical (unpaired) electrons. The summed E-state index contributed by atoms with van der Waals surface area (Å²) < 4.78 is 16.9. The maximum atomic E-state index is 14.2. The number of esters is 1. The van der Waals surface area contributed by atoms with E-state index in [0.29, 0.717) is 19.4 Å². The van der Waals surface area contributed by atoms with Gasteiger partial charge in [-0.05, 0) is 36.8 Å². The Bertz CT molecular complexity index is 1470. The second-order valence-corrected chi connectivity index (χ2v) is 13.9. The van der Waals surface area contributed by atoms with Crippen LogP contribution in [0, 0.1) is 11.8 Å². The molecule has 13 heteroatoms. The SMILES string of the molecule is COC(=O)C(Cc1ccccc1)NC(=O)C(C)C(OC)C1CCCN1C(=O)CC(OC)C(c1ccccc1)N(C)C(=O)C(NC(=O)C(C)N)C(C)C. The van der Waals surface area contributed by atoms with Gasteiger partial charge in [-0.1, -0.05) is 81.4 Å². The fraction of sp³-hybridized carbons (Fsp3) is 0.564. The second-order valence-electron chi connectivity index (χ2n) is 13.9. The van der Waals surface area contributed by atoms with Crippen molar-refractivity contribution in [2.45, 2.75) is 95.8 Å². The first-order chi connectivity index (χ1) is 24.7. The number of nitrogens with two attached hydrogens (primary N) is 1. The minimum Gasteiger partial charge on any atom is -0.467 e. The van der Waals surface area contributed by atoms with Crippen molar-refractivity contribution >= 4 is 29.6 Å². The van der Waals surface area contributed by atoms with Gasteiger partial charge in [0.1, 0.15) is 12.1 Å². The third kappa shape index (κ3) is 10.8. The standard InChI is InChI=1S/C39H57N5O8/c1-24(2)33(42-37(47)26(4)40)38(48)43(5)34(28-18-13-10-14-19-28)31(50-6)23-32(45)44-21-15-20-30(44)35(51-7)25(3)36(46)41-29(39(49)52-8)22-27-16-11-9-12-17-27/h9-14,16-19,24-26,29-31,33-35H,15,20-23,40H2,1-8H3,(H,41,46)(H,42,47). The largest absolute Gasteiger partial charge is 0.467 e. The lowest BCUT2D eigenvalue weighted by molar-refractivity contribution is -0.148. The summed E-state index contributed by atoms with van der Waals surface area (Å²) in [6.07, 6.45) is 0.0729. The van der Waals surface area contributed by atoms with Crippen LogP contribution in [0.1, 0.15) is 64.1 Å². The summed E-state index contributed by atoms with van der Waals surface area (Å²) in [5.74, 6) is -2.92. The summed E-state index contributed by atoms with van der Waals surface area (Å²) in [6.45, 7) is 7.41. The van der Waals surface area contributed by atoms with Crippen LogP contribution in [-0.2, 0) is 44.6 Å². The summed E-state index contributed by atoms with van der Waals surface area (Å²) in [5.41, 5.74) is 7.41. The zero-order chi connectivity index (χ0) is 38.5. The van der Waals surface area contributed by atoms with Crippen LogP contribution in [0.5, 0.6) is 0 Å². The lowest BCUT2D eigenvalue weighted by atomic mass is 9.93. The van der Waals surface area contributed by atoms with Gasteiger partial charge in [0.2, 0.25) is 23.6 Å². The highest BCUT2D eigenvalue weighted by Crippen LogP contribution is 2.32. The molecule has 4 N–H and O–H groups in total. The van der Waals surface area contributed by atoms with Gasteiger partial charge in [-0.25, -0.2) is 4.79 Å². The minimum absolute atomic E-state index is 0.0682. The zero-order valence-corrected chi connectivity index (χ0v) is 31.7. The number of ether oxygens (including phenoxy) is 3. The van der Waals surface area contributed by atoms with E-state index < -0.39 is 66.1 Å². The number of rotatable bonds is 18. The molecule has 0 spiro atoms. The quantitative estimate of drug-likeness (QED) is 0.196. The number of hydrogen-bond acceptors (Lipinski definition) is 9. The fourth-order valence-corrected chi connectivity index (χ4v) is 6.88. The van der Waals surface area contributed by atoms with Gasteiger partial charge in [0.25, 0.3) is 0 Å². The van der Waals surface area contributed by atoms with Crippen molar-refractivity contribution in [2.24, 2.45) is 17.6 Å². The molecule has 0 aromatic heterocycles. The van der Waals surface area contributed by atoms with Gasteiger partial charge >= 0.3 is 5.97 Å². The summed E-state index contributed by atoms with van der Waals surface area (Å²) in [4.78, 5) is 70.3. The van der Waals surface area contributed by atoms with Gasteiger partial charge in [0, 0.05) is 34.2 Å². The first-order valence-electron chi connectivity index (χ1n) is 17.9. The number of methoxy groups -OCH3 is 3. The van der Waals surface area contributed by atoms with E-state index in [2.05, 4.69) is 10.6 Å². The molecule has 1 heterocycles. The van der Waals surface area contributed by atoms with Gasteiger partial charge in [0.05, 0.1) is 49.8 Å². The highest BCUT2D eigenvalue weighted by atomic mass is 16.5. The van der Waals surface area contributed by atoms with E-state index in [4.69, 9.17) is 19.9 Å². The first kappa shape index (κ1) is 42.1. The van der Waals surface area contributed by atoms with Gasteiger partial charge in [-0.15, -0.1) is 0 Å². The lowest BCUT2D eigenvalue weighted by Gasteiger charge is -2.38. The van der Waals surface area contributed by atoms with Gasteiger partial charge in [0.15, 0.2) is 0 Å². The number of carbonyl (C=O) groups is 5. The van der Waals surface area contributed by atoms with E-state index in [1.807, 2.05) is 74.5 Å². The van der Waals surface area contributed by atoms with Crippen molar-refractivity contribution in [3.05, 3.63) is 71.8 Å². The first-order valence-corrected chi connectivity index (χ1v) is 17.9. The molecule has 286 valence electrons. The number of nitrogens with one attached hydrogen (secondary N) is 2. The number of amides is 4. The van der Waals surface area contributed by atoms with Crippen LogP contribution in [0.3, 0.4) is 0 Å². The van der Waals surface area contributed by atoms with Gasteiger partial charge < -0.3 is 40.4 Å². The topological polar surface area (TPSA) is 170 Å². The molecule has 8 unspecified atom stereocenters. The smallest absolute Gasteiger partial charge is 0.328 e. The number of carbonyl (C=O) groups excluding carboxylic acids is 5. The van der Waals surface area contributed by atoms with E-state index in [9.17, 15) is 24.0 Å². The predicted octanol–water partition coefficient (Wildman–Crippen LogP) is 2.62. The number of benzene rings is 2. The van der Waals surface area contributed by atoms with E-state index in [1.165, 1.54) is 26.2 Å². The maximum Gasteiger partial charge on any atom is 0.328 e. The Labute approximate surface area is 307 Å². The summed E-state index contributed by atoms with van der Waals surface area (Å²) in [7, 11) is 5.94. The number of hydrogen-bond donors (Lipinski definition) is 3. The molecular weight excluding hydrogens is 666 g/mol. The predicted molar refractivity (Wildman–Crippen MR) is 197 cm³/mol. The second kappa shape index (κ2) is 20.1. The highest BCUT2D eigenvalue weighted by molar-refractivity contribution is 5.90. The van der Waals surface area contributed by atoms with Crippen molar-refractivity contribution in [3.8, 4) is 0 Å². The van der Waals surface area contributed by atoms with Gasteiger partial charge in [-0.2, -0.15) is 0 Å². The van der Waals surface area contributed by atoms with Crippen LogP contribution < -0.4 is 16.4 Å². The third-order valence-electron chi connectivity index (χ3n) is 9.84. The van der Waals surface area contributed by atoms with Crippen LogP contribution >= 0.6 is 0 Å². The molecule has 8 atom stereocenters. The Kier molecular flexibility index (Phi) is 16.2. The Morgan fingerprint density at radius 2 is 1.50 bits per heavy atom. The van der Waals surface area contributed by atoms with E-state index in [1.54, 1.807) is 25.8 Å². The van der Waals surface area contributed by atoms with Crippen LogP contribution in [0.25, 0.3) is 0 Å². The van der Waals surface area contributed by atoms with Crippen LogP contribution in [0.15, 0.2) is 60.7 Å². The molecule has 1 saturated heterocycles. The molecule has 0 saturated carbocycles. The van der Waals surface area contributed by atoms with Crippen molar-refractivity contribution < 1.29 is 38.2 Å². The van der Waals surface area contributed by atoms with Crippen molar-refractivity contribution in [1.82, 2.24) is 20.4 Å². The molecule has 52 heavy (non-hydrogen) atoms. The molecule has 2 aromatic carbocycles. The average Bonchev–Trinajstić information content (AvgIpc) is 3.63. The normalized spacial score (nSPS) is 18.3. The van der Waals surface area contributed by atoms with Crippen molar-refractivity contribution in [2.75, 3.05) is 34.9 Å². The highest BCUT2D eigenvalue weighted by Gasteiger charge is 2.43. The fourth-order valence-electron chi connectivity index (χ4n) is 6.88. The molecule has 1 aliphatic rings. The summed E-state index contributed by atoms with van der Waals surface area (Å²) in [6, 6.07) is 15.0. The van der Waals surface area contributed by atoms with Crippen LogP contribution in [0.4, 0.5) is 0 Å². The van der Waals surface area contributed by atoms with Crippen LogP contribution in [0.2, 0.25) is 0 Å². The van der Waals surface area contributed by atoms with Crippen LogP contribution in [-0.4, -0.2) is 111 Å². The molecule has 4 amide bonds. The molecule has 0 bridgehead atoms. The summed E-state index contributed by atoms with van der Waals surface area (Å²) in [5, 5.41) is 5.62. The third-order valence-corrected chi connectivity index (χ3v) is 9.84. The molecule has 13 nitrogen and oxygen atoms in total. The lowest BCUT2D eigenvalue weighted by Crippen LogP contribution is -2.55. The molecule has 3 rings (SSSR count). The van der Waals surface area contributed by atoms with E-state index in [-0.39, 0.29) is 30.6 Å². The minimum atomic E-state index is -0.902. The maximum absolute atomic E-state index is 14.2. The zero-order valence-electron chi connectivity index (χ0n) is 31.7. The van der Waals surface area contributed by atoms with Gasteiger partial charge in [-0.3, -0.25) is 19.2 Å². The molecule has 1 aliphatic heterocycles. The Morgan fingerprint density at radius 3 is 2.04 bits per heavy atom. The monoisotopic (exact) mass is 723 g/mol. The Morgan fingerprint density at radius 1 is 0.885 bits per heavy atom. The molecular formula is C39H57N5O8. The average molecular weight is 724 g/mol. The molecule has 0 aliphatic carbocycles. The van der Waals surface area contributed by atoms with Crippen molar-refractivity contribution in [1.29, 1.82) is 0 Å². The van der Waals surface area contributed by atoms with E-state index >= 15 is 0 Å². The number of likely N-dealkylation sites (N-methyl/N-ethyl adjacent to an activating group) is 1.